The molecule has 6 aliphatic rings. The molecule has 0 amide bonds. The van der Waals surface area contributed by atoms with E-state index in [4.69, 9.17) is 9.47 Å². The highest BCUT2D eigenvalue weighted by Gasteiger charge is 2.39. The van der Waals surface area contributed by atoms with Crippen molar-refractivity contribution in [2.45, 2.75) is 104 Å². The van der Waals surface area contributed by atoms with Crippen LogP contribution in [0.15, 0.2) is 60.7 Å². The van der Waals surface area contributed by atoms with Crippen molar-refractivity contribution in [2.75, 3.05) is 136 Å². The number of ether oxygens (including phenoxy) is 2. The fourth-order valence-electron chi connectivity index (χ4n) is 12.4. The van der Waals surface area contributed by atoms with Crippen LogP contribution in [0.1, 0.15) is 80.8 Å². The van der Waals surface area contributed by atoms with E-state index in [9.17, 15) is 10.2 Å². The fraction of sp³-hybridized carbons (Fsp3) is 0.571. The molecule has 4 N–H and O–H groups in total. The minimum atomic E-state index is -0.660. The number of para-hydroxylation sites is 2. The van der Waals surface area contributed by atoms with Crippen molar-refractivity contribution in [1.82, 2.24) is 25.3 Å². The van der Waals surface area contributed by atoms with Gasteiger partial charge in [-0.1, -0.05) is 50.2 Å². The van der Waals surface area contributed by atoms with E-state index in [1.807, 2.05) is 0 Å². The molecule has 6 aliphatic heterocycles. The zero-order valence-corrected chi connectivity index (χ0v) is 43.7. The lowest BCUT2D eigenvalue weighted by molar-refractivity contribution is 0.0828. The van der Waals surface area contributed by atoms with Crippen LogP contribution in [-0.2, 0) is 39.3 Å². The first kappa shape index (κ1) is 49.6. The minimum absolute atomic E-state index is 0.0296. The molecule has 0 spiro atoms. The summed E-state index contributed by atoms with van der Waals surface area (Å²) in [7, 11) is 4.37. The summed E-state index contributed by atoms with van der Waals surface area (Å²) in [5, 5.41) is 29.9. The van der Waals surface area contributed by atoms with Crippen molar-refractivity contribution in [1.29, 1.82) is 0 Å². The smallest absolute Gasteiger partial charge is 0.143 e. The van der Waals surface area contributed by atoms with Gasteiger partial charge in [-0.15, -0.1) is 0 Å². The van der Waals surface area contributed by atoms with Gasteiger partial charge in [0.05, 0.1) is 38.0 Å². The molecule has 15 nitrogen and oxygen atoms in total. The van der Waals surface area contributed by atoms with Crippen molar-refractivity contribution in [3.8, 4) is 11.5 Å². The van der Waals surface area contributed by atoms with Gasteiger partial charge in [-0.05, 0) is 94.2 Å². The molecule has 10 rings (SSSR count). The molecule has 4 aromatic rings. The molecule has 4 bridgehead atoms. The zero-order chi connectivity index (χ0) is 49.4. The number of hydrogen-bond donors (Lipinski definition) is 4. The summed E-state index contributed by atoms with van der Waals surface area (Å²) in [6, 6.07) is 22.0. The van der Waals surface area contributed by atoms with E-state index >= 15 is 0 Å². The summed E-state index contributed by atoms with van der Waals surface area (Å²) < 4.78 is 13.3. The molecule has 0 aliphatic carbocycles. The van der Waals surface area contributed by atoms with Gasteiger partial charge in [0.1, 0.15) is 36.9 Å². The highest BCUT2D eigenvalue weighted by atomic mass is 16.5. The van der Waals surface area contributed by atoms with Gasteiger partial charge >= 0.3 is 0 Å². The predicted octanol–water partition coefficient (Wildman–Crippen LogP) is 5.98. The monoisotopic (exact) mass is 972 g/mol. The first-order chi connectivity index (χ1) is 34.5. The van der Waals surface area contributed by atoms with Crippen molar-refractivity contribution in [3.63, 3.8) is 0 Å². The van der Waals surface area contributed by atoms with Gasteiger partial charge < -0.3 is 59.7 Å². The van der Waals surface area contributed by atoms with Gasteiger partial charge in [-0.2, -0.15) is 0 Å². The van der Waals surface area contributed by atoms with Crippen LogP contribution < -0.4 is 49.5 Å². The van der Waals surface area contributed by atoms with E-state index in [0.717, 1.165) is 130 Å². The predicted molar refractivity (Wildman–Crippen MR) is 288 cm³/mol. The molecule has 0 radical (unpaired) electrons. The number of rotatable bonds is 21. The Balaban J connectivity index is 0.731. The lowest BCUT2D eigenvalue weighted by Crippen LogP contribution is -2.51. The van der Waals surface area contributed by atoms with Crippen molar-refractivity contribution in [2.24, 2.45) is 0 Å². The third kappa shape index (κ3) is 9.95. The SMILES string of the molecule is CCN1CN(C)Cc2cc(OCC(O)CNCCN(CCNCC(O)COc3cc4c(c5c3N3Cc6ccccc6N(C5)C3)N(CC)CN(C)C4)C(C)(CC)CC)c3c(c21)CN1CN3Cc2ccccc21. The van der Waals surface area contributed by atoms with E-state index < -0.39 is 12.2 Å². The number of benzene rings is 4. The zero-order valence-electron chi connectivity index (χ0n) is 43.7. The lowest BCUT2D eigenvalue weighted by Gasteiger charge is -2.48. The second-order valence-electron chi connectivity index (χ2n) is 21.3. The maximum Gasteiger partial charge on any atom is 0.143 e. The Labute approximate surface area is 423 Å². The first-order valence-corrected chi connectivity index (χ1v) is 26.7. The van der Waals surface area contributed by atoms with Crippen LogP contribution in [0.25, 0.3) is 0 Å². The average Bonchev–Trinajstić information content (AvgIpc) is 3.37. The number of aliphatic hydroxyl groups excluding tert-OH is 2. The Kier molecular flexibility index (Phi) is 14.8. The number of anilines is 6. The van der Waals surface area contributed by atoms with Gasteiger partial charge in [0.25, 0.3) is 0 Å². The molecule has 384 valence electrons. The van der Waals surface area contributed by atoms with Crippen LogP contribution in [0.2, 0.25) is 0 Å². The molecule has 0 aromatic heterocycles. The number of fused-ring (bicyclic) bond motifs is 16. The normalized spacial score (nSPS) is 18.2. The fourth-order valence-corrected chi connectivity index (χ4v) is 12.4. The van der Waals surface area contributed by atoms with Crippen LogP contribution in [0.4, 0.5) is 34.1 Å². The lowest BCUT2D eigenvalue weighted by atomic mass is 9.93. The van der Waals surface area contributed by atoms with Crippen LogP contribution in [0.3, 0.4) is 0 Å². The molecule has 2 atom stereocenters. The molecule has 0 saturated carbocycles. The number of nitrogens with zero attached hydrogens (tertiary/aromatic N) is 9. The number of aliphatic hydroxyl groups is 2. The Bertz CT molecular complexity index is 2340. The third-order valence-electron chi connectivity index (χ3n) is 16.4. The highest BCUT2D eigenvalue weighted by Crippen LogP contribution is 2.51. The summed E-state index contributed by atoms with van der Waals surface area (Å²) in [5.41, 5.74) is 15.6. The van der Waals surface area contributed by atoms with E-state index in [2.05, 4.69) is 164 Å². The quantitative estimate of drug-likeness (QED) is 0.0735. The van der Waals surface area contributed by atoms with Gasteiger partial charge in [0.15, 0.2) is 0 Å². The first-order valence-electron chi connectivity index (χ1n) is 26.7. The van der Waals surface area contributed by atoms with Crippen molar-refractivity contribution in [3.05, 3.63) is 94.0 Å². The highest BCUT2D eigenvalue weighted by molar-refractivity contribution is 5.83. The van der Waals surface area contributed by atoms with E-state index in [0.29, 0.717) is 13.1 Å². The van der Waals surface area contributed by atoms with E-state index in [1.54, 1.807) is 0 Å². The summed E-state index contributed by atoms with van der Waals surface area (Å²) in [5.74, 6) is 1.75. The second kappa shape index (κ2) is 21.2. The summed E-state index contributed by atoms with van der Waals surface area (Å²) in [6.45, 7) is 26.3. The van der Waals surface area contributed by atoms with Crippen LogP contribution in [0.5, 0.6) is 11.5 Å². The molecule has 15 heteroatoms. The van der Waals surface area contributed by atoms with Gasteiger partial charge in [0, 0.05) is 131 Å². The van der Waals surface area contributed by atoms with E-state index in [1.165, 1.54) is 67.5 Å². The summed E-state index contributed by atoms with van der Waals surface area (Å²) in [6.07, 6.45) is 0.744. The van der Waals surface area contributed by atoms with Gasteiger partial charge in [0.2, 0.25) is 0 Å². The van der Waals surface area contributed by atoms with E-state index in [-0.39, 0.29) is 18.8 Å². The number of hydrogen-bond acceptors (Lipinski definition) is 15. The van der Waals surface area contributed by atoms with Crippen molar-refractivity contribution >= 4 is 34.1 Å². The second-order valence-corrected chi connectivity index (χ2v) is 21.3. The molecule has 0 fully saturated rings. The maximum atomic E-state index is 11.4. The Morgan fingerprint density at radius 1 is 0.563 bits per heavy atom. The Morgan fingerprint density at radius 2 is 1.00 bits per heavy atom. The Hall–Kier alpha value is -5.00. The third-order valence-corrected chi connectivity index (χ3v) is 16.4. The Morgan fingerprint density at radius 3 is 1.42 bits per heavy atom. The maximum absolute atomic E-state index is 11.4. The molecular formula is C56H81N11O4. The summed E-state index contributed by atoms with van der Waals surface area (Å²) >= 11 is 0. The average molecular weight is 972 g/mol. The number of nitrogens with one attached hydrogen (secondary N) is 2. The van der Waals surface area contributed by atoms with Gasteiger partial charge in [-0.3, -0.25) is 14.7 Å². The largest absolute Gasteiger partial charge is 0.489 e. The minimum Gasteiger partial charge on any atom is -0.489 e. The molecule has 71 heavy (non-hydrogen) atoms. The molecule has 6 heterocycles. The topological polar surface area (TPSA) is 112 Å². The van der Waals surface area contributed by atoms with Gasteiger partial charge in [-0.25, -0.2) is 0 Å². The summed E-state index contributed by atoms with van der Waals surface area (Å²) in [4.78, 5) is 22.2. The standard InChI is InChI=1S/C56H81N11O4/c1-8-56(5,9-2)67(22-20-57-26-44(68)34-70-50-24-42-28-59(6)36-61(10-3)52(42)46-32-63-38-65(54(46)50)30-40-16-12-14-18-48(40)63)23-21-58-27-45(69)35-71-51-25-43-29-60(7)37-62(11-4)53(43)47-33-64-39-66(55(47)51)31-41-17-13-15-19-49(41)64/h12-19,24-25,44-45,57-58,68-69H,8-11,20-23,26-39H2,1-7H3. The molecule has 0 saturated heterocycles. The molecule has 4 aromatic carbocycles. The molecule has 2 unspecified atom stereocenters. The van der Waals surface area contributed by atoms with Crippen LogP contribution in [0, 0.1) is 0 Å². The van der Waals surface area contributed by atoms with Crippen LogP contribution >= 0.6 is 0 Å². The molecular weight excluding hydrogens is 891 g/mol. The van der Waals surface area contributed by atoms with Crippen LogP contribution in [-0.4, -0.2) is 149 Å². The van der Waals surface area contributed by atoms with Crippen molar-refractivity contribution < 1.29 is 19.7 Å².